The number of hydrogen-bond donors (Lipinski definition) is 2. The first-order valence-electron chi connectivity index (χ1n) is 12.7. The summed E-state index contributed by atoms with van der Waals surface area (Å²) in [6.07, 6.45) is 15.4. The molecule has 0 spiro atoms. The summed E-state index contributed by atoms with van der Waals surface area (Å²) in [5.74, 6) is 0.289. The fraction of sp³-hybridized carbons (Fsp3) is 0.607. The summed E-state index contributed by atoms with van der Waals surface area (Å²) in [4.78, 5) is 27.5. The zero-order valence-corrected chi connectivity index (χ0v) is 20.2. The van der Waals surface area contributed by atoms with Gasteiger partial charge in [0.1, 0.15) is 12.1 Å². The summed E-state index contributed by atoms with van der Waals surface area (Å²) >= 11 is 0. The maximum Gasteiger partial charge on any atom is 0.323 e. The van der Waals surface area contributed by atoms with Crippen molar-refractivity contribution in [1.29, 1.82) is 0 Å². The van der Waals surface area contributed by atoms with E-state index in [9.17, 15) is 9.59 Å². The molecule has 0 radical (unpaired) electrons. The lowest BCUT2D eigenvalue weighted by Gasteiger charge is -2.57. The molecule has 3 N–H and O–H groups in total. The number of pyridine rings is 1. The Morgan fingerprint density at radius 3 is 2.71 bits per heavy atom. The zero-order chi connectivity index (χ0) is 24.1. The van der Waals surface area contributed by atoms with Crippen LogP contribution in [0.15, 0.2) is 42.3 Å². The third-order valence-electron chi connectivity index (χ3n) is 9.59. The van der Waals surface area contributed by atoms with E-state index in [0.717, 1.165) is 32.1 Å². The molecule has 1 heterocycles. The maximum absolute atomic E-state index is 12.3. The van der Waals surface area contributed by atoms with E-state index >= 15 is 0 Å². The van der Waals surface area contributed by atoms with Crippen LogP contribution in [0, 0.1) is 28.6 Å². The van der Waals surface area contributed by atoms with Gasteiger partial charge in [-0.1, -0.05) is 37.6 Å². The molecule has 0 aromatic carbocycles. The zero-order valence-electron chi connectivity index (χ0n) is 20.2. The monoisotopic (exact) mass is 464 g/mol. The van der Waals surface area contributed by atoms with Crippen LogP contribution in [0.4, 0.5) is 0 Å². The van der Waals surface area contributed by atoms with Crippen molar-refractivity contribution in [3.8, 4) is 0 Å². The highest BCUT2D eigenvalue weighted by molar-refractivity contribution is 5.81. The van der Waals surface area contributed by atoms with Crippen molar-refractivity contribution in [1.82, 2.24) is 4.98 Å². The average molecular weight is 465 g/mol. The molecule has 0 amide bonds. The Morgan fingerprint density at radius 2 is 1.97 bits per heavy atom. The van der Waals surface area contributed by atoms with Crippen molar-refractivity contribution >= 4 is 17.5 Å². The first-order valence-corrected chi connectivity index (χ1v) is 12.7. The molecule has 4 aliphatic rings. The van der Waals surface area contributed by atoms with Crippen LogP contribution in [-0.4, -0.2) is 34.2 Å². The van der Waals surface area contributed by atoms with Crippen LogP contribution in [0.5, 0.6) is 0 Å². The SMILES string of the molecule is C[C@]12CC[C@H](OC(=O)[C@@H](N)CC(=O)O)CC1=CC[C@@H]1[C@@H]2CC[C@]2(C)C(c3cccnc3)=CC[C@@H]12. The quantitative estimate of drug-likeness (QED) is 0.481. The second-order valence-electron chi connectivity index (χ2n) is 11.3. The van der Waals surface area contributed by atoms with Crippen molar-refractivity contribution in [2.24, 2.45) is 34.3 Å². The third-order valence-corrected chi connectivity index (χ3v) is 9.59. The summed E-state index contributed by atoms with van der Waals surface area (Å²) in [6, 6.07) is 3.13. The summed E-state index contributed by atoms with van der Waals surface area (Å²) in [5, 5.41) is 8.90. The number of allylic oxidation sites excluding steroid dienone is 3. The number of rotatable bonds is 5. The standard InChI is InChI=1S/C28H36N2O4/c1-27-11-9-19(34-26(33)24(29)15-25(31)32)14-18(27)5-6-20-22-8-7-21(17-4-3-13-30-16-17)28(22,2)12-10-23(20)27/h3-5,7,13,16,19-20,22-24H,6,8-12,14-15,29H2,1-2H3,(H,31,32)/t19-,20-,22-,23-,24-,27-,28+/m0/s1. The number of aromatic nitrogens is 1. The van der Waals surface area contributed by atoms with E-state index in [1.54, 1.807) is 0 Å². The Hall–Kier alpha value is -2.47. The predicted octanol–water partition coefficient (Wildman–Crippen LogP) is 4.75. The second-order valence-corrected chi connectivity index (χ2v) is 11.3. The predicted molar refractivity (Wildman–Crippen MR) is 129 cm³/mol. The fourth-order valence-electron chi connectivity index (χ4n) is 7.79. The molecule has 7 atom stereocenters. The number of nitrogens with zero attached hydrogens (tertiary/aromatic N) is 1. The largest absolute Gasteiger partial charge is 0.481 e. The van der Waals surface area contributed by atoms with Crippen molar-refractivity contribution in [3.63, 3.8) is 0 Å². The van der Waals surface area contributed by atoms with E-state index in [0.29, 0.717) is 17.8 Å². The Kier molecular flexibility index (Phi) is 5.91. The lowest BCUT2D eigenvalue weighted by molar-refractivity contribution is -0.155. The van der Waals surface area contributed by atoms with E-state index in [1.165, 1.54) is 29.6 Å². The van der Waals surface area contributed by atoms with Crippen molar-refractivity contribution in [3.05, 3.63) is 47.8 Å². The molecule has 0 saturated heterocycles. The van der Waals surface area contributed by atoms with Crippen LogP contribution in [0.25, 0.3) is 5.57 Å². The maximum atomic E-state index is 12.3. The molecule has 1 aromatic heterocycles. The number of hydrogen-bond acceptors (Lipinski definition) is 5. The Labute approximate surface area is 201 Å². The molecule has 0 aliphatic heterocycles. The van der Waals surface area contributed by atoms with E-state index < -0.39 is 24.4 Å². The molecule has 34 heavy (non-hydrogen) atoms. The van der Waals surface area contributed by atoms with Gasteiger partial charge < -0.3 is 15.6 Å². The van der Waals surface area contributed by atoms with Crippen LogP contribution in [0.2, 0.25) is 0 Å². The van der Waals surface area contributed by atoms with Gasteiger partial charge in [0, 0.05) is 18.8 Å². The average Bonchev–Trinajstić information content (AvgIpc) is 3.16. The number of carbonyl (C=O) groups is 2. The topological polar surface area (TPSA) is 103 Å². The van der Waals surface area contributed by atoms with Crippen LogP contribution in [-0.2, 0) is 14.3 Å². The highest BCUT2D eigenvalue weighted by Gasteiger charge is 2.57. The van der Waals surface area contributed by atoms with Gasteiger partial charge in [-0.3, -0.25) is 14.6 Å². The Morgan fingerprint density at radius 1 is 1.18 bits per heavy atom. The smallest absolute Gasteiger partial charge is 0.323 e. The summed E-state index contributed by atoms with van der Waals surface area (Å²) < 4.78 is 5.65. The van der Waals surface area contributed by atoms with Crippen LogP contribution >= 0.6 is 0 Å². The minimum absolute atomic E-state index is 0.146. The Bertz CT molecular complexity index is 1030. The summed E-state index contributed by atoms with van der Waals surface area (Å²) in [5.41, 5.74) is 10.2. The highest BCUT2D eigenvalue weighted by atomic mass is 16.5. The van der Waals surface area contributed by atoms with Gasteiger partial charge in [-0.15, -0.1) is 0 Å². The van der Waals surface area contributed by atoms with Gasteiger partial charge in [-0.2, -0.15) is 0 Å². The molecule has 0 unspecified atom stereocenters. The fourth-order valence-corrected chi connectivity index (χ4v) is 7.79. The number of esters is 1. The highest BCUT2D eigenvalue weighted by Crippen LogP contribution is 2.66. The van der Waals surface area contributed by atoms with Crippen LogP contribution in [0.1, 0.15) is 70.8 Å². The first kappa shape index (κ1) is 23.3. The number of aliphatic carboxylic acids is 1. The van der Waals surface area contributed by atoms with Gasteiger partial charge in [0.15, 0.2) is 0 Å². The number of nitrogens with two attached hydrogens (primary N) is 1. The van der Waals surface area contributed by atoms with Gasteiger partial charge in [0.25, 0.3) is 0 Å². The number of carboxylic acid groups (broad SMARTS) is 1. The second kappa shape index (κ2) is 8.63. The molecule has 6 nitrogen and oxygen atoms in total. The van der Waals surface area contributed by atoms with Crippen molar-refractivity contribution in [2.75, 3.05) is 0 Å². The normalized spacial score (nSPS) is 37.4. The molecule has 6 heteroatoms. The molecule has 1 aromatic rings. The summed E-state index contributed by atoms with van der Waals surface area (Å²) in [7, 11) is 0. The molecular weight excluding hydrogens is 428 g/mol. The lowest BCUT2D eigenvalue weighted by atomic mass is 9.47. The third kappa shape index (κ3) is 3.80. The van der Waals surface area contributed by atoms with Gasteiger partial charge in [-0.05, 0) is 84.3 Å². The van der Waals surface area contributed by atoms with Crippen molar-refractivity contribution < 1.29 is 19.4 Å². The molecular formula is C28H36N2O4. The summed E-state index contributed by atoms with van der Waals surface area (Å²) in [6.45, 7) is 4.90. The number of carbonyl (C=O) groups excluding carboxylic acids is 1. The van der Waals surface area contributed by atoms with Gasteiger partial charge >= 0.3 is 11.9 Å². The minimum atomic E-state index is -1.10. The van der Waals surface area contributed by atoms with E-state index in [-0.39, 0.29) is 16.9 Å². The first-order chi connectivity index (χ1) is 16.2. The lowest BCUT2D eigenvalue weighted by Crippen LogP contribution is -2.50. The molecule has 2 saturated carbocycles. The van der Waals surface area contributed by atoms with E-state index in [1.807, 2.05) is 18.5 Å². The minimum Gasteiger partial charge on any atom is -0.481 e. The van der Waals surface area contributed by atoms with Crippen LogP contribution < -0.4 is 5.73 Å². The molecule has 4 aliphatic carbocycles. The molecule has 182 valence electrons. The van der Waals surface area contributed by atoms with Crippen LogP contribution in [0.3, 0.4) is 0 Å². The van der Waals surface area contributed by atoms with Gasteiger partial charge in [0.2, 0.25) is 0 Å². The molecule has 5 rings (SSSR count). The number of fused-ring (bicyclic) bond motifs is 5. The Balaban J connectivity index is 1.31. The number of carboxylic acids is 1. The van der Waals surface area contributed by atoms with E-state index in [2.05, 4.69) is 37.0 Å². The molecule has 0 bridgehead atoms. The number of ether oxygens (including phenoxy) is 1. The van der Waals surface area contributed by atoms with Gasteiger partial charge in [0.05, 0.1) is 6.42 Å². The molecule has 2 fully saturated rings. The van der Waals surface area contributed by atoms with Crippen molar-refractivity contribution in [2.45, 2.75) is 77.4 Å². The van der Waals surface area contributed by atoms with E-state index in [4.69, 9.17) is 15.6 Å². The van der Waals surface area contributed by atoms with Gasteiger partial charge in [-0.25, -0.2) is 0 Å².